The number of rotatable bonds is 5. The van der Waals surface area contributed by atoms with Crippen LogP contribution in [-0.4, -0.2) is 12.5 Å². The van der Waals surface area contributed by atoms with Crippen molar-refractivity contribution in [3.8, 4) is 5.75 Å². The van der Waals surface area contributed by atoms with Crippen LogP contribution in [0.25, 0.3) is 0 Å². The third-order valence-electron chi connectivity index (χ3n) is 2.68. The molecule has 4 nitrogen and oxygen atoms in total. The fraction of sp³-hybridized carbons (Fsp3) is 0.133. The number of nitrogen functional groups attached to an aromatic ring is 1. The molecule has 0 radical (unpaired) electrons. The van der Waals surface area contributed by atoms with Gasteiger partial charge in [-0.15, -0.1) is 0 Å². The van der Waals surface area contributed by atoms with Crippen molar-refractivity contribution in [1.29, 1.82) is 0 Å². The molecule has 0 unspecified atom stereocenters. The molecule has 0 spiro atoms. The van der Waals surface area contributed by atoms with E-state index in [-0.39, 0.29) is 18.9 Å². The largest absolute Gasteiger partial charge is 0.492 e. The van der Waals surface area contributed by atoms with E-state index in [4.69, 9.17) is 22.1 Å². The summed E-state index contributed by atoms with van der Waals surface area (Å²) in [5.41, 5.74) is 6.95. The molecule has 0 aromatic heterocycles. The van der Waals surface area contributed by atoms with Gasteiger partial charge in [0.05, 0.1) is 17.5 Å². The quantitative estimate of drug-likeness (QED) is 0.780. The van der Waals surface area contributed by atoms with Crippen molar-refractivity contribution in [1.82, 2.24) is 0 Å². The summed E-state index contributed by atoms with van der Waals surface area (Å²) >= 11 is 9.20. The van der Waals surface area contributed by atoms with Gasteiger partial charge in [-0.05, 0) is 58.4 Å². The second kappa shape index (κ2) is 7.33. The molecule has 110 valence electrons. The summed E-state index contributed by atoms with van der Waals surface area (Å²) in [6, 6.07) is 12.2. The molecule has 2 aromatic carbocycles. The fourth-order valence-electron chi connectivity index (χ4n) is 1.64. The highest BCUT2D eigenvalue weighted by molar-refractivity contribution is 9.10. The molecule has 0 heterocycles. The predicted molar refractivity (Wildman–Crippen MR) is 88.7 cm³/mol. The van der Waals surface area contributed by atoms with Crippen molar-refractivity contribution in [3.63, 3.8) is 0 Å². The number of hydrogen-bond donors (Lipinski definition) is 2. The Hall–Kier alpha value is -1.72. The molecule has 0 aliphatic rings. The lowest BCUT2D eigenvalue weighted by atomic mass is 10.3. The summed E-state index contributed by atoms with van der Waals surface area (Å²) in [5, 5.41) is 3.39. The summed E-state index contributed by atoms with van der Waals surface area (Å²) in [6.07, 6.45) is 0.249. The zero-order valence-electron chi connectivity index (χ0n) is 11.1. The van der Waals surface area contributed by atoms with E-state index >= 15 is 0 Å². The predicted octanol–water partition coefficient (Wildman–Crippen LogP) is 4.09. The van der Waals surface area contributed by atoms with Crippen LogP contribution in [0, 0.1) is 0 Å². The van der Waals surface area contributed by atoms with Crippen molar-refractivity contribution in [2.45, 2.75) is 6.42 Å². The van der Waals surface area contributed by atoms with E-state index in [2.05, 4.69) is 21.2 Å². The maximum atomic E-state index is 11.8. The van der Waals surface area contributed by atoms with E-state index in [1.807, 2.05) is 0 Å². The lowest BCUT2D eigenvalue weighted by Gasteiger charge is -2.09. The number of ether oxygens (including phenoxy) is 1. The van der Waals surface area contributed by atoms with Crippen LogP contribution in [0.2, 0.25) is 5.02 Å². The van der Waals surface area contributed by atoms with E-state index in [1.54, 1.807) is 42.5 Å². The van der Waals surface area contributed by atoms with Gasteiger partial charge in [0.1, 0.15) is 5.75 Å². The number of nitrogens with one attached hydrogen (secondary N) is 1. The highest BCUT2D eigenvalue weighted by Crippen LogP contribution is 2.28. The van der Waals surface area contributed by atoms with Gasteiger partial charge in [0.25, 0.3) is 0 Å². The minimum absolute atomic E-state index is 0.121. The number of amides is 1. The Balaban J connectivity index is 1.80. The van der Waals surface area contributed by atoms with Crippen molar-refractivity contribution >= 4 is 44.8 Å². The smallest absolute Gasteiger partial charge is 0.227 e. The van der Waals surface area contributed by atoms with Crippen LogP contribution >= 0.6 is 27.5 Å². The highest BCUT2D eigenvalue weighted by Gasteiger charge is 2.05. The SMILES string of the molecule is Nc1ccc(NC(=O)CCOc2ccc(Cl)cc2Br)cc1. The van der Waals surface area contributed by atoms with Gasteiger partial charge in [0.2, 0.25) is 5.91 Å². The Bertz CT molecular complexity index is 632. The molecule has 2 aromatic rings. The van der Waals surface area contributed by atoms with Crippen LogP contribution in [0.1, 0.15) is 6.42 Å². The first-order valence-electron chi connectivity index (χ1n) is 6.28. The molecular weight excluding hydrogens is 356 g/mol. The number of hydrogen-bond acceptors (Lipinski definition) is 3. The summed E-state index contributed by atoms with van der Waals surface area (Å²) in [6.45, 7) is 0.279. The topological polar surface area (TPSA) is 64.3 Å². The van der Waals surface area contributed by atoms with Crippen LogP contribution in [-0.2, 0) is 4.79 Å². The lowest BCUT2D eigenvalue weighted by molar-refractivity contribution is -0.116. The number of benzene rings is 2. The minimum Gasteiger partial charge on any atom is -0.492 e. The fourth-order valence-corrected chi connectivity index (χ4v) is 2.43. The monoisotopic (exact) mass is 368 g/mol. The first-order chi connectivity index (χ1) is 10.0. The van der Waals surface area contributed by atoms with Crippen molar-refractivity contribution in [3.05, 3.63) is 52.0 Å². The first kappa shape index (κ1) is 15.7. The van der Waals surface area contributed by atoms with Crippen LogP contribution in [0.15, 0.2) is 46.9 Å². The molecule has 3 N–H and O–H groups in total. The first-order valence-corrected chi connectivity index (χ1v) is 7.45. The van der Waals surface area contributed by atoms with Crippen LogP contribution < -0.4 is 15.8 Å². The second-order valence-electron chi connectivity index (χ2n) is 4.34. The van der Waals surface area contributed by atoms with Gasteiger partial charge in [-0.1, -0.05) is 11.6 Å². The Morgan fingerprint density at radius 2 is 1.95 bits per heavy atom. The molecular formula is C15H14BrClN2O2. The number of anilines is 2. The van der Waals surface area contributed by atoms with Gasteiger partial charge in [0.15, 0.2) is 0 Å². The van der Waals surface area contributed by atoms with E-state index in [0.29, 0.717) is 22.1 Å². The lowest BCUT2D eigenvalue weighted by Crippen LogP contribution is -2.15. The van der Waals surface area contributed by atoms with Gasteiger partial charge in [0, 0.05) is 16.4 Å². The molecule has 1 amide bonds. The van der Waals surface area contributed by atoms with E-state index < -0.39 is 0 Å². The summed E-state index contributed by atoms with van der Waals surface area (Å²) in [5.74, 6) is 0.532. The van der Waals surface area contributed by atoms with Gasteiger partial charge in [-0.25, -0.2) is 0 Å². The van der Waals surface area contributed by atoms with Gasteiger partial charge in [-0.2, -0.15) is 0 Å². The molecule has 6 heteroatoms. The molecule has 0 aliphatic heterocycles. The van der Waals surface area contributed by atoms with Gasteiger partial charge >= 0.3 is 0 Å². The normalized spacial score (nSPS) is 10.2. The Morgan fingerprint density at radius 1 is 1.24 bits per heavy atom. The second-order valence-corrected chi connectivity index (χ2v) is 5.63. The molecule has 2 rings (SSSR count). The third kappa shape index (κ3) is 4.95. The van der Waals surface area contributed by atoms with E-state index in [0.717, 1.165) is 4.47 Å². The zero-order chi connectivity index (χ0) is 15.2. The molecule has 0 aliphatic carbocycles. The molecule has 21 heavy (non-hydrogen) atoms. The van der Waals surface area contributed by atoms with Crippen LogP contribution in [0.4, 0.5) is 11.4 Å². The summed E-state index contributed by atoms with van der Waals surface area (Å²) < 4.78 is 6.29. The molecule has 0 saturated heterocycles. The molecule has 0 atom stereocenters. The Labute approximate surface area is 136 Å². The highest BCUT2D eigenvalue weighted by atomic mass is 79.9. The Morgan fingerprint density at radius 3 is 2.62 bits per heavy atom. The van der Waals surface area contributed by atoms with Crippen molar-refractivity contribution in [2.24, 2.45) is 0 Å². The third-order valence-corrected chi connectivity index (χ3v) is 3.53. The van der Waals surface area contributed by atoms with E-state index in [1.165, 1.54) is 0 Å². The molecule has 0 fully saturated rings. The maximum absolute atomic E-state index is 11.8. The number of nitrogens with two attached hydrogens (primary N) is 1. The van der Waals surface area contributed by atoms with Gasteiger partial charge < -0.3 is 15.8 Å². The summed E-state index contributed by atoms with van der Waals surface area (Å²) in [7, 11) is 0. The Kier molecular flexibility index (Phi) is 5.47. The average molecular weight is 370 g/mol. The number of halogens is 2. The number of carbonyl (C=O) groups is 1. The van der Waals surface area contributed by atoms with Gasteiger partial charge in [-0.3, -0.25) is 4.79 Å². The van der Waals surface area contributed by atoms with Crippen LogP contribution in [0.5, 0.6) is 5.75 Å². The molecule has 0 saturated carbocycles. The van der Waals surface area contributed by atoms with Crippen molar-refractivity contribution < 1.29 is 9.53 Å². The zero-order valence-corrected chi connectivity index (χ0v) is 13.4. The average Bonchev–Trinajstić information content (AvgIpc) is 2.44. The number of carbonyl (C=O) groups excluding carboxylic acids is 1. The van der Waals surface area contributed by atoms with Crippen molar-refractivity contribution in [2.75, 3.05) is 17.7 Å². The standard InChI is InChI=1S/C15H14BrClN2O2/c16-13-9-10(17)1-6-14(13)21-8-7-15(20)19-12-4-2-11(18)3-5-12/h1-6,9H,7-8,18H2,(H,19,20). The van der Waals surface area contributed by atoms with E-state index in [9.17, 15) is 4.79 Å². The summed E-state index contributed by atoms with van der Waals surface area (Å²) in [4.78, 5) is 11.8. The minimum atomic E-state index is -0.121. The van der Waals surface area contributed by atoms with Crippen LogP contribution in [0.3, 0.4) is 0 Å². The maximum Gasteiger partial charge on any atom is 0.227 e. The molecule has 0 bridgehead atoms.